The molecule has 11 heteroatoms. The molecule has 0 saturated carbocycles. The van der Waals surface area contributed by atoms with Gasteiger partial charge in [-0.05, 0) is 53.6 Å². The van der Waals surface area contributed by atoms with Crippen molar-refractivity contribution < 1.29 is 17.5 Å². The minimum atomic E-state index is -3.98. The molecule has 5 rings (SSSR count). The number of benzene rings is 2. The Morgan fingerprint density at radius 1 is 1.10 bits per heavy atom. The van der Waals surface area contributed by atoms with Crippen molar-refractivity contribution in [1.29, 1.82) is 0 Å². The summed E-state index contributed by atoms with van der Waals surface area (Å²) >= 11 is 0. The quantitative estimate of drug-likeness (QED) is 0.344. The van der Waals surface area contributed by atoms with Gasteiger partial charge in [-0.1, -0.05) is 37.3 Å². The van der Waals surface area contributed by atoms with Gasteiger partial charge in [0.05, 0.1) is 12.7 Å². The topological polar surface area (TPSA) is 95.9 Å². The lowest BCUT2D eigenvalue weighted by molar-refractivity contribution is 0.104. The van der Waals surface area contributed by atoms with Crippen LogP contribution in [0, 0.1) is 11.7 Å². The predicted octanol–water partition coefficient (Wildman–Crippen LogP) is 4.55. The number of nitrogens with one attached hydrogen (secondary N) is 2. The molecule has 2 aromatic carbocycles. The Morgan fingerprint density at radius 3 is 2.55 bits per heavy atom. The van der Waals surface area contributed by atoms with E-state index >= 15 is 4.39 Å². The van der Waals surface area contributed by atoms with Crippen LogP contribution < -0.4 is 14.8 Å². The van der Waals surface area contributed by atoms with E-state index in [0.29, 0.717) is 28.8 Å². The monoisotopic (exact) mass is 583 g/mol. The number of rotatable bonds is 11. The molecule has 212 valence electrons. The first-order valence-electron chi connectivity index (χ1n) is 13.0. The van der Waals surface area contributed by atoms with Gasteiger partial charge in [-0.15, -0.1) is 0 Å². The molecule has 3 heterocycles. The number of sulfonamides is 1. The molecule has 8 nitrogen and oxygen atoms in total. The van der Waals surface area contributed by atoms with E-state index in [1.165, 1.54) is 18.3 Å². The van der Waals surface area contributed by atoms with Crippen LogP contribution in [0.1, 0.15) is 23.6 Å². The molecule has 2 N–H and O–H groups in total. The summed E-state index contributed by atoms with van der Waals surface area (Å²) in [5.41, 5.74) is 4.36. The Bertz CT molecular complexity index is 1520. The molecular weight excluding hydrogens is 549 g/mol. The largest absolute Gasteiger partial charge is 0.497 e. The lowest BCUT2D eigenvalue weighted by atomic mass is 9.99. The van der Waals surface area contributed by atoms with E-state index in [-0.39, 0.29) is 23.2 Å². The molecule has 1 unspecified atom stereocenters. The molecule has 0 spiro atoms. The second-order valence-electron chi connectivity index (χ2n) is 10.4. The zero-order valence-electron chi connectivity index (χ0n) is 22.8. The number of aliphatic imine (C=N–C) groups is 1. The van der Waals surface area contributed by atoms with E-state index in [2.05, 4.69) is 38.1 Å². The summed E-state index contributed by atoms with van der Waals surface area (Å²) in [6, 6.07) is 17.6. The molecule has 0 bridgehead atoms. The van der Waals surface area contributed by atoms with Crippen LogP contribution in [-0.4, -0.2) is 50.3 Å². The Balaban J connectivity index is 1.45. The molecule has 2 aliphatic rings. The minimum Gasteiger partial charge on any atom is -0.497 e. The van der Waals surface area contributed by atoms with Gasteiger partial charge in [0.15, 0.2) is 10.8 Å². The predicted molar refractivity (Wildman–Crippen MR) is 158 cm³/mol. The number of nitrogens with zero attached hydrogens (tertiary/aromatic N) is 3. The van der Waals surface area contributed by atoms with E-state index < -0.39 is 20.1 Å². The van der Waals surface area contributed by atoms with E-state index in [1.54, 1.807) is 25.3 Å². The highest BCUT2D eigenvalue weighted by atomic mass is 32.3. The lowest BCUT2D eigenvalue weighted by Gasteiger charge is -2.37. The maximum absolute atomic E-state index is 15.1. The Hall–Kier alpha value is -3.41. The molecular formula is C29H34FN5O3S2. The van der Waals surface area contributed by atoms with E-state index in [9.17, 15) is 8.42 Å². The average Bonchev–Trinajstić information content (AvgIpc) is 3.22. The van der Waals surface area contributed by atoms with E-state index in [0.717, 1.165) is 30.0 Å². The third kappa shape index (κ3) is 6.16. The number of aromatic nitrogens is 1. The van der Waals surface area contributed by atoms with Crippen LogP contribution >= 0.6 is 10.0 Å². The number of hydrogen-bond acceptors (Lipinski definition) is 7. The number of halogens is 1. The molecule has 3 aromatic rings. The SMILES string of the molecule is COc1ccc(CS2(C)C=NC(NS(=O)(=O)c3ccccn3)=C2NCc2c(F)cccc2CN2CC(C)C2)cc1. The normalized spacial score (nSPS) is 21.1. The molecule has 0 radical (unpaired) electrons. The van der Waals surface area contributed by atoms with Crippen LogP contribution in [-0.2, 0) is 28.9 Å². The average molecular weight is 584 g/mol. The fourth-order valence-corrected chi connectivity index (χ4v) is 8.53. The van der Waals surface area contributed by atoms with Gasteiger partial charge in [0.25, 0.3) is 10.0 Å². The lowest BCUT2D eigenvalue weighted by Crippen LogP contribution is -2.44. The second-order valence-corrected chi connectivity index (χ2v) is 15.2. The van der Waals surface area contributed by atoms with Crippen LogP contribution in [0.15, 0.2) is 87.7 Å². The van der Waals surface area contributed by atoms with Crippen molar-refractivity contribution in [2.45, 2.75) is 30.8 Å². The van der Waals surface area contributed by atoms with Gasteiger partial charge in [-0.3, -0.25) is 9.62 Å². The van der Waals surface area contributed by atoms with Gasteiger partial charge in [0.1, 0.15) is 16.6 Å². The fraction of sp³-hybridized carbons (Fsp3) is 0.310. The summed E-state index contributed by atoms with van der Waals surface area (Å²) in [6.45, 7) is 5.06. The van der Waals surface area contributed by atoms with Crippen molar-refractivity contribution >= 4 is 25.6 Å². The second kappa shape index (κ2) is 11.6. The summed E-state index contributed by atoms with van der Waals surface area (Å²) in [6.07, 6.45) is 3.49. The maximum Gasteiger partial charge on any atom is 0.280 e. The first kappa shape index (κ1) is 28.1. The van der Waals surface area contributed by atoms with Gasteiger partial charge >= 0.3 is 0 Å². The third-order valence-corrected chi connectivity index (χ3v) is 11.1. The summed E-state index contributed by atoms with van der Waals surface area (Å²) in [5, 5.41) is 3.96. The molecule has 40 heavy (non-hydrogen) atoms. The molecule has 0 amide bonds. The Morgan fingerprint density at radius 2 is 1.88 bits per heavy atom. The van der Waals surface area contributed by atoms with Crippen LogP contribution in [0.4, 0.5) is 4.39 Å². The Kier molecular flexibility index (Phi) is 8.16. The van der Waals surface area contributed by atoms with Crippen molar-refractivity contribution in [3.05, 3.63) is 100 Å². The van der Waals surface area contributed by atoms with Crippen LogP contribution in [0.2, 0.25) is 0 Å². The summed E-state index contributed by atoms with van der Waals surface area (Å²) in [4.78, 5) is 10.8. The number of likely N-dealkylation sites (tertiary alicyclic amines) is 1. The molecule has 1 fully saturated rings. The van der Waals surface area contributed by atoms with Gasteiger partial charge in [0.2, 0.25) is 0 Å². The van der Waals surface area contributed by atoms with E-state index in [4.69, 9.17) is 4.74 Å². The molecule has 1 aromatic heterocycles. The number of pyridine rings is 1. The van der Waals surface area contributed by atoms with Crippen molar-refractivity contribution in [2.75, 3.05) is 26.5 Å². The highest BCUT2D eigenvalue weighted by molar-refractivity contribution is 8.46. The molecule has 0 aliphatic carbocycles. The molecule has 1 saturated heterocycles. The summed E-state index contributed by atoms with van der Waals surface area (Å²) in [7, 11) is -4.15. The first-order valence-corrected chi connectivity index (χ1v) is 16.8. The third-order valence-electron chi connectivity index (χ3n) is 7.04. The van der Waals surface area contributed by atoms with Gasteiger partial charge in [-0.2, -0.15) is 18.4 Å². The van der Waals surface area contributed by atoms with Gasteiger partial charge < -0.3 is 10.1 Å². The molecule has 2 aliphatic heterocycles. The van der Waals surface area contributed by atoms with E-state index in [1.807, 2.05) is 35.9 Å². The summed E-state index contributed by atoms with van der Waals surface area (Å²) < 4.78 is 49.4. The minimum absolute atomic E-state index is 0.101. The smallest absolute Gasteiger partial charge is 0.280 e. The van der Waals surface area contributed by atoms with Gasteiger partial charge in [0, 0.05) is 43.7 Å². The van der Waals surface area contributed by atoms with Crippen molar-refractivity contribution in [1.82, 2.24) is 19.9 Å². The van der Waals surface area contributed by atoms with Crippen LogP contribution in [0.5, 0.6) is 5.75 Å². The maximum atomic E-state index is 15.1. The van der Waals surface area contributed by atoms with Crippen LogP contribution in [0.25, 0.3) is 0 Å². The van der Waals surface area contributed by atoms with Crippen LogP contribution in [0.3, 0.4) is 0 Å². The fourth-order valence-electron chi connectivity index (χ4n) is 5.00. The highest BCUT2D eigenvalue weighted by Gasteiger charge is 2.33. The Labute approximate surface area is 236 Å². The van der Waals surface area contributed by atoms with Crippen molar-refractivity contribution in [3.63, 3.8) is 0 Å². The van der Waals surface area contributed by atoms with Crippen molar-refractivity contribution in [2.24, 2.45) is 10.9 Å². The standard InChI is InChI=1S/C29H34FN5O3S2/c1-21-16-35(17-21)18-23-7-6-8-26(30)25(23)15-32-29-28(34-40(36,37)27-9-4-5-14-31-27)33-20-39(29,3)19-22-10-12-24(38-2)13-11-22/h4-14,20-21,32,34H,15-19H2,1-3H3. The zero-order valence-corrected chi connectivity index (χ0v) is 24.4. The first-order chi connectivity index (χ1) is 19.2. The molecule has 1 atom stereocenters. The van der Waals surface area contributed by atoms with Crippen molar-refractivity contribution in [3.8, 4) is 5.75 Å². The van der Waals surface area contributed by atoms with Gasteiger partial charge in [-0.25, -0.2) is 14.4 Å². The number of ether oxygens (including phenoxy) is 1. The summed E-state index contributed by atoms with van der Waals surface area (Å²) in [5.74, 6) is 1.93. The zero-order chi connectivity index (χ0) is 28.3. The number of hydrogen-bond donors (Lipinski definition) is 2. The number of methoxy groups -OCH3 is 1. The highest BCUT2D eigenvalue weighted by Crippen LogP contribution is 2.56.